The van der Waals surface area contributed by atoms with E-state index in [1.165, 1.54) is 23.0 Å². The number of nitriles is 1. The highest BCUT2D eigenvalue weighted by Crippen LogP contribution is 2.36. The normalized spacial score (nSPS) is 14.4. The van der Waals surface area contributed by atoms with Crippen LogP contribution in [0, 0.1) is 11.3 Å². The lowest BCUT2D eigenvalue weighted by atomic mass is 9.95. The van der Waals surface area contributed by atoms with Gasteiger partial charge in [-0.05, 0) is 75.7 Å². The Balaban J connectivity index is 1.64. The largest absolute Gasteiger partial charge is 0.493 e. The summed E-state index contributed by atoms with van der Waals surface area (Å²) in [6.07, 6.45) is 1.61. The Morgan fingerprint density at radius 1 is 1.13 bits per heavy atom. The number of thiazole rings is 1. The molecular formula is C35H32ClN3O6S. The van der Waals surface area contributed by atoms with Crippen molar-refractivity contribution in [1.82, 2.24) is 4.57 Å². The standard InChI is InChI=1S/C35H32ClN3O6S/c1-6-43-34(41)31-21(4)38-35-39(32(31)22-11-13-28(45-20(2)3)29(16-22)42-5)33(40)30(46-35)17-25-15-26(36)12-14-27(25)44-19-24-10-8-7-9-23(24)18-37/h7-17,20,32H,6,19H2,1-5H3/b30-17+/t32-/m1/s1. The van der Waals surface area contributed by atoms with Crippen molar-refractivity contribution < 1.29 is 23.7 Å². The van der Waals surface area contributed by atoms with Crippen LogP contribution in [0.4, 0.5) is 0 Å². The molecule has 1 aliphatic rings. The van der Waals surface area contributed by atoms with Gasteiger partial charge in [-0.2, -0.15) is 5.26 Å². The monoisotopic (exact) mass is 657 g/mol. The highest BCUT2D eigenvalue weighted by atomic mass is 35.5. The summed E-state index contributed by atoms with van der Waals surface area (Å²) >= 11 is 7.56. The van der Waals surface area contributed by atoms with Gasteiger partial charge in [0.05, 0.1) is 53.3 Å². The summed E-state index contributed by atoms with van der Waals surface area (Å²) in [5.41, 5.74) is 2.78. The number of aromatic nitrogens is 1. The van der Waals surface area contributed by atoms with Gasteiger partial charge in [-0.15, -0.1) is 0 Å². The molecule has 1 aliphatic heterocycles. The lowest BCUT2D eigenvalue weighted by Gasteiger charge is -2.25. The van der Waals surface area contributed by atoms with Crippen LogP contribution < -0.4 is 29.1 Å². The van der Waals surface area contributed by atoms with Crippen molar-refractivity contribution >= 4 is 35.0 Å². The highest BCUT2D eigenvalue weighted by Gasteiger charge is 2.34. The molecule has 0 unspecified atom stereocenters. The van der Waals surface area contributed by atoms with Crippen molar-refractivity contribution in [3.05, 3.63) is 119 Å². The molecule has 0 radical (unpaired) electrons. The second-order valence-electron chi connectivity index (χ2n) is 10.6. The van der Waals surface area contributed by atoms with Crippen molar-refractivity contribution in [3.63, 3.8) is 0 Å². The first kappa shape index (κ1) is 32.5. The third-order valence-electron chi connectivity index (χ3n) is 7.16. The van der Waals surface area contributed by atoms with Crippen LogP contribution in [0.2, 0.25) is 5.02 Å². The second kappa shape index (κ2) is 14.1. The fourth-order valence-electron chi connectivity index (χ4n) is 5.13. The second-order valence-corrected chi connectivity index (χ2v) is 12.1. The maximum atomic E-state index is 14.2. The first-order chi connectivity index (χ1) is 22.1. The van der Waals surface area contributed by atoms with Gasteiger partial charge >= 0.3 is 5.97 Å². The number of carbonyl (C=O) groups excluding carboxylic acids is 1. The summed E-state index contributed by atoms with van der Waals surface area (Å²) in [7, 11) is 1.54. The van der Waals surface area contributed by atoms with Gasteiger partial charge in [0, 0.05) is 16.1 Å². The minimum Gasteiger partial charge on any atom is -0.493 e. The Labute approximate surface area is 275 Å². The van der Waals surface area contributed by atoms with Crippen molar-refractivity contribution in [2.45, 2.75) is 46.4 Å². The van der Waals surface area contributed by atoms with E-state index in [2.05, 4.69) is 11.1 Å². The Hall–Kier alpha value is -4.85. The van der Waals surface area contributed by atoms with Gasteiger partial charge in [0.15, 0.2) is 16.3 Å². The quantitative estimate of drug-likeness (QED) is 0.201. The fraction of sp³-hybridized carbons (Fsp3) is 0.257. The van der Waals surface area contributed by atoms with Crippen LogP contribution in [-0.2, 0) is 16.1 Å². The summed E-state index contributed by atoms with van der Waals surface area (Å²) < 4.78 is 24.9. The summed E-state index contributed by atoms with van der Waals surface area (Å²) in [4.78, 5) is 32.6. The number of hydrogen-bond donors (Lipinski definition) is 0. The average Bonchev–Trinajstić information content (AvgIpc) is 3.33. The molecule has 9 nitrogen and oxygen atoms in total. The van der Waals surface area contributed by atoms with E-state index < -0.39 is 12.0 Å². The van der Waals surface area contributed by atoms with E-state index in [4.69, 9.17) is 30.5 Å². The molecule has 0 amide bonds. The van der Waals surface area contributed by atoms with Gasteiger partial charge in [-0.25, -0.2) is 9.79 Å². The van der Waals surface area contributed by atoms with Crippen LogP contribution >= 0.6 is 22.9 Å². The number of halogens is 1. The predicted octanol–water partition coefficient (Wildman–Crippen LogP) is 5.70. The molecular weight excluding hydrogens is 626 g/mol. The van der Waals surface area contributed by atoms with E-state index in [1.54, 1.807) is 62.4 Å². The lowest BCUT2D eigenvalue weighted by molar-refractivity contribution is -0.139. The first-order valence-electron chi connectivity index (χ1n) is 14.6. The van der Waals surface area contributed by atoms with Crippen LogP contribution in [0.25, 0.3) is 6.08 Å². The number of nitrogens with zero attached hydrogens (tertiary/aromatic N) is 3. The van der Waals surface area contributed by atoms with Crippen molar-refractivity contribution in [2.75, 3.05) is 13.7 Å². The molecule has 2 heterocycles. The first-order valence-corrected chi connectivity index (χ1v) is 15.8. The molecule has 46 heavy (non-hydrogen) atoms. The number of benzene rings is 3. The highest BCUT2D eigenvalue weighted by molar-refractivity contribution is 7.07. The summed E-state index contributed by atoms with van der Waals surface area (Å²) in [6.45, 7) is 7.59. The topological polar surface area (TPSA) is 112 Å². The van der Waals surface area contributed by atoms with Gasteiger partial charge in [-0.1, -0.05) is 47.2 Å². The number of methoxy groups -OCH3 is 1. The van der Waals surface area contributed by atoms with Gasteiger partial charge in [0.1, 0.15) is 12.4 Å². The third kappa shape index (κ3) is 6.71. The van der Waals surface area contributed by atoms with Crippen molar-refractivity contribution in [2.24, 2.45) is 4.99 Å². The SMILES string of the molecule is CCOC(=O)C1=C(C)N=c2s/c(=C/c3cc(Cl)ccc3OCc3ccccc3C#N)c(=O)n2[C@@H]1c1ccc(OC(C)C)c(OC)c1. The Kier molecular flexibility index (Phi) is 9.95. The minimum absolute atomic E-state index is 0.0869. The molecule has 0 saturated heterocycles. The molecule has 1 aromatic heterocycles. The maximum absolute atomic E-state index is 14.2. The number of carbonyl (C=O) groups is 1. The van der Waals surface area contributed by atoms with Gasteiger partial charge in [-0.3, -0.25) is 9.36 Å². The smallest absolute Gasteiger partial charge is 0.338 e. The van der Waals surface area contributed by atoms with E-state index >= 15 is 0 Å². The van der Waals surface area contributed by atoms with Crippen LogP contribution in [0.5, 0.6) is 17.2 Å². The number of rotatable bonds is 10. The molecule has 5 rings (SSSR count). The molecule has 1 atom stereocenters. The number of ether oxygens (including phenoxy) is 4. The Morgan fingerprint density at radius 2 is 1.89 bits per heavy atom. The molecule has 0 saturated carbocycles. The van der Waals surface area contributed by atoms with Gasteiger partial charge < -0.3 is 18.9 Å². The molecule has 4 aromatic rings. The summed E-state index contributed by atoms with van der Waals surface area (Å²) in [5, 5.41) is 9.93. The van der Waals surface area contributed by atoms with Gasteiger partial charge in [0.25, 0.3) is 5.56 Å². The Bertz CT molecular complexity index is 2060. The number of hydrogen-bond acceptors (Lipinski definition) is 9. The van der Waals surface area contributed by atoms with Crippen molar-refractivity contribution in [3.8, 4) is 23.3 Å². The van der Waals surface area contributed by atoms with Crippen LogP contribution in [0.15, 0.2) is 81.7 Å². The average molecular weight is 658 g/mol. The molecule has 236 valence electrons. The van der Waals surface area contributed by atoms with E-state index in [1.807, 2.05) is 32.0 Å². The van der Waals surface area contributed by atoms with E-state index in [-0.39, 0.29) is 30.5 Å². The van der Waals surface area contributed by atoms with Crippen LogP contribution in [-0.4, -0.2) is 30.4 Å². The zero-order chi connectivity index (χ0) is 33.0. The predicted molar refractivity (Wildman–Crippen MR) is 176 cm³/mol. The molecule has 0 bridgehead atoms. The van der Waals surface area contributed by atoms with Crippen LogP contribution in [0.3, 0.4) is 0 Å². The summed E-state index contributed by atoms with van der Waals surface area (Å²) in [5.74, 6) is 0.920. The molecule has 0 fully saturated rings. The van der Waals surface area contributed by atoms with Crippen LogP contribution in [0.1, 0.15) is 56.0 Å². The summed E-state index contributed by atoms with van der Waals surface area (Å²) in [6, 6.07) is 19.0. The van der Waals surface area contributed by atoms with Crippen molar-refractivity contribution in [1.29, 1.82) is 5.26 Å². The molecule has 3 aromatic carbocycles. The third-order valence-corrected chi connectivity index (χ3v) is 8.38. The van der Waals surface area contributed by atoms with E-state index in [9.17, 15) is 14.9 Å². The zero-order valence-electron chi connectivity index (χ0n) is 26.0. The molecule has 0 aliphatic carbocycles. The number of esters is 1. The zero-order valence-corrected chi connectivity index (χ0v) is 27.6. The number of allylic oxidation sites excluding steroid dienone is 1. The minimum atomic E-state index is -0.836. The lowest BCUT2D eigenvalue weighted by Crippen LogP contribution is -2.40. The molecule has 0 N–H and O–H groups in total. The van der Waals surface area contributed by atoms with E-state index in [0.717, 1.165) is 5.56 Å². The maximum Gasteiger partial charge on any atom is 0.338 e. The molecule has 0 spiro atoms. The fourth-order valence-corrected chi connectivity index (χ4v) is 6.35. The van der Waals surface area contributed by atoms with Gasteiger partial charge in [0.2, 0.25) is 0 Å². The Morgan fingerprint density at radius 3 is 2.61 bits per heavy atom. The molecule has 11 heteroatoms. The van der Waals surface area contributed by atoms with E-state index in [0.29, 0.717) is 54.0 Å². The number of fused-ring (bicyclic) bond motifs is 1.